The molecule has 0 saturated carbocycles. The first kappa shape index (κ1) is 11.3. The smallest absolute Gasteiger partial charge is 0.313 e. The minimum atomic E-state index is -0.138. The zero-order chi connectivity index (χ0) is 10.6. The van der Waals surface area contributed by atoms with Gasteiger partial charge in [0.05, 0.1) is 12.5 Å². The number of carbonyl (C=O) groups is 1. The molecule has 0 aromatic carbocycles. The molecule has 0 fully saturated rings. The van der Waals surface area contributed by atoms with Crippen LogP contribution in [0.15, 0.2) is 22.8 Å². The maximum atomic E-state index is 11.5. The van der Waals surface area contributed by atoms with Crippen LogP contribution in [0.2, 0.25) is 0 Å². The number of rotatable bonds is 3. The van der Waals surface area contributed by atoms with Crippen molar-refractivity contribution in [3.8, 4) is 0 Å². The zero-order valence-electron chi connectivity index (χ0n) is 8.55. The van der Waals surface area contributed by atoms with Gasteiger partial charge in [-0.25, -0.2) is 0 Å². The van der Waals surface area contributed by atoms with Crippen molar-refractivity contribution in [1.29, 1.82) is 0 Å². The van der Waals surface area contributed by atoms with Gasteiger partial charge in [0, 0.05) is 5.03 Å². The Morgan fingerprint density at radius 3 is 2.93 bits per heavy atom. The molecule has 14 heavy (non-hydrogen) atoms. The maximum Gasteiger partial charge on any atom is 0.313 e. The lowest BCUT2D eigenvalue weighted by atomic mass is 9.90. The SMILES string of the molecule is CCOC(=O)C1CC=C(Cl)C=C1CC. The molecule has 2 nitrogen and oxygen atoms in total. The van der Waals surface area contributed by atoms with Crippen molar-refractivity contribution >= 4 is 17.6 Å². The standard InChI is InChI=1S/C11H15ClO2/c1-3-8-7-9(12)5-6-10(8)11(13)14-4-2/h5,7,10H,3-4,6H2,1-2H3. The molecule has 3 heteroatoms. The average molecular weight is 215 g/mol. The summed E-state index contributed by atoms with van der Waals surface area (Å²) in [6, 6.07) is 0. The molecule has 0 heterocycles. The zero-order valence-corrected chi connectivity index (χ0v) is 9.30. The molecule has 1 aliphatic rings. The minimum absolute atomic E-state index is 0.123. The van der Waals surface area contributed by atoms with Crippen molar-refractivity contribution in [2.45, 2.75) is 26.7 Å². The number of esters is 1. The van der Waals surface area contributed by atoms with Gasteiger partial charge in [-0.3, -0.25) is 4.79 Å². The van der Waals surface area contributed by atoms with E-state index in [0.717, 1.165) is 17.0 Å². The lowest BCUT2D eigenvalue weighted by Gasteiger charge is -2.19. The first-order chi connectivity index (χ1) is 6.69. The normalized spacial score (nSPS) is 21.2. The van der Waals surface area contributed by atoms with Crippen LogP contribution in [-0.2, 0) is 9.53 Å². The molecule has 0 aliphatic heterocycles. The lowest BCUT2D eigenvalue weighted by molar-refractivity contribution is -0.146. The van der Waals surface area contributed by atoms with Crippen molar-refractivity contribution in [3.63, 3.8) is 0 Å². The Kier molecular flexibility index (Phi) is 4.21. The van der Waals surface area contributed by atoms with Gasteiger partial charge in [0.1, 0.15) is 0 Å². The van der Waals surface area contributed by atoms with Gasteiger partial charge in [-0.2, -0.15) is 0 Å². The Hall–Kier alpha value is -0.760. The van der Waals surface area contributed by atoms with Gasteiger partial charge >= 0.3 is 5.97 Å². The van der Waals surface area contributed by atoms with Gasteiger partial charge in [0.25, 0.3) is 0 Å². The van der Waals surface area contributed by atoms with Crippen LogP contribution in [0, 0.1) is 5.92 Å². The van der Waals surface area contributed by atoms with Gasteiger partial charge in [-0.1, -0.05) is 30.2 Å². The molecular formula is C11H15ClO2. The third-order valence-corrected chi connectivity index (χ3v) is 2.56. The summed E-state index contributed by atoms with van der Waals surface area (Å²) < 4.78 is 5.00. The van der Waals surface area contributed by atoms with Crippen molar-refractivity contribution in [2.75, 3.05) is 6.61 Å². The van der Waals surface area contributed by atoms with Crippen LogP contribution >= 0.6 is 11.6 Å². The molecule has 0 bridgehead atoms. The molecule has 0 radical (unpaired) electrons. The van der Waals surface area contributed by atoms with E-state index in [1.807, 2.05) is 26.0 Å². The van der Waals surface area contributed by atoms with Crippen molar-refractivity contribution in [3.05, 3.63) is 22.8 Å². The molecule has 78 valence electrons. The van der Waals surface area contributed by atoms with Crippen LogP contribution in [0.1, 0.15) is 26.7 Å². The summed E-state index contributed by atoms with van der Waals surface area (Å²) in [6.07, 6.45) is 5.24. The Balaban J connectivity index is 2.73. The number of halogens is 1. The third kappa shape index (κ3) is 2.61. The quantitative estimate of drug-likeness (QED) is 0.675. The molecule has 1 atom stereocenters. The Bertz CT molecular complexity index is 279. The Morgan fingerprint density at radius 2 is 2.36 bits per heavy atom. The molecular weight excluding hydrogens is 200 g/mol. The molecule has 1 unspecified atom stereocenters. The van der Waals surface area contributed by atoms with Crippen LogP contribution < -0.4 is 0 Å². The fraction of sp³-hybridized carbons (Fsp3) is 0.545. The van der Waals surface area contributed by atoms with Gasteiger partial charge in [-0.05, 0) is 25.8 Å². The van der Waals surface area contributed by atoms with Crippen LogP contribution in [0.3, 0.4) is 0 Å². The first-order valence-corrected chi connectivity index (χ1v) is 5.29. The predicted octanol–water partition coefficient (Wildman–Crippen LogP) is 3.03. The summed E-state index contributed by atoms with van der Waals surface area (Å²) in [7, 11) is 0. The molecule has 0 saturated heterocycles. The van der Waals surface area contributed by atoms with E-state index >= 15 is 0 Å². The first-order valence-electron chi connectivity index (χ1n) is 4.91. The molecule has 1 aliphatic carbocycles. The molecule has 0 amide bonds. The van der Waals surface area contributed by atoms with E-state index in [9.17, 15) is 4.79 Å². The van der Waals surface area contributed by atoms with Gasteiger partial charge in [0.2, 0.25) is 0 Å². The van der Waals surface area contributed by atoms with E-state index in [1.165, 1.54) is 0 Å². The Morgan fingerprint density at radius 1 is 1.64 bits per heavy atom. The number of hydrogen-bond donors (Lipinski definition) is 0. The van der Waals surface area contributed by atoms with Gasteiger partial charge < -0.3 is 4.74 Å². The van der Waals surface area contributed by atoms with Crippen LogP contribution in [0.25, 0.3) is 0 Å². The van der Waals surface area contributed by atoms with Gasteiger partial charge in [-0.15, -0.1) is 0 Å². The average Bonchev–Trinajstić information content (AvgIpc) is 2.17. The second-order valence-corrected chi connectivity index (χ2v) is 3.64. The number of ether oxygens (including phenoxy) is 1. The van der Waals surface area contributed by atoms with E-state index in [1.54, 1.807) is 0 Å². The topological polar surface area (TPSA) is 26.3 Å². The van der Waals surface area contributed by atoms with Crippen molar-refractivity contribution in [1.82, 2.24) is 0 Å². The molecule has 0 spiro atoms. The van der Waals surface area contributed by atoms with E-state index in [2.05, 4.69) is 0 Å². The highest BCUT2D eigenvalue weighted by Gasteiger charge is 2.24. The molecule has 0 N–H and O–H groups in total. The lowest BCUT2D eigenvalue weighted by Crippen LogP contribution is -2.20. The summed E-state index contributed by atoms with van der Waals surface area (Å²) in [5, 5.41) is 0.724. The second-order valence-electron chi connectivity index (χ2n) is 3.20. The fourth-order valence-electron chi connectivity index (χ4n) is 1.56. The highest BCUT2D eigenvalue weighted by Crippen LogP contribution is 2.28. The highest BCUT2D eigenvalue weighted by molar-refractivity contribution is 6.31. The summed E-state index contributed by atoms with van der Waals surface area (Å²) >= 11 is 5.87. The van der Waals surface area contributed by atoms with Crippen LogP contribution in [0.4, 0.5) is 0 Å². The van der Waals surface area contributed by atoms with E-state index in [4.69, 9.17) is 16.3 Å². The van der Waals surface area contributed by atoms with E-state index in [-0.39, 0.29) is 11.9 Å². The number of hydrogen-bond acceptors (Lipinski definition) is 2. The summed E-state index contributed by atoms with van der Waals surface area (Å²) in [5.41, 5.74) is 1.07. The monoisotopic (exact) mass is 214 g/mol. The number of carbonyl (C=O) groups excluding carboxylic acids is 1. The van der Waals surface area contributed by atoms with Gasteiger partial charge in [0.15, 0.2) is 0 Å². The maximum absolute atomic E-state index is 11.5. The summed E-state index contributed by atoms with van der Waals surface area (Å²) in [4.78, 5) is 11.5. The van der Waals surface area contributed by atoms with Crippen LogP contribution in [-0.4, -0.2) is 12.6 Å². The molecule has 1 rings (SSSR count). The van der Waals surface area contributed by atoms with E-state index < -0.39 is 0 Å². The van der Waals surface area contributed by atoms with Crippen molar-refractivity contribution in [2.24, 2.45) is 5.92 Å². The minimum Gasteiger partial charge on any atom is -0.466 e. The number of allylic oxidation sites excluding steroid dienone is 3. The molecule has 0 aromatic heterocycles. The summed E-state index contributed by atoms with van der Waals surface area (Å²) in [5.74, 6) is -0.261. The summed E-state index contributed by atoms with van der Waals surface area (Å²) in [6.45, 7) is 4.27. The third-order valence-electron chi connectivity index (χ3n) is 2.30. The van der Waals surface area contributed by atoms with Crippen molar-refractivity contribution < 1.29 is 9.53 Å². The predicted molar refractivity (Wildman–Crippen MR) is 57.1 cm³/mol. The second kappa shape index (κ2) is 5.20. The largest absolute Gasteiger partial charge is 0.466 e. The molecule has 0 aromatic rings. The fourth-order valence-corrected chi connectivity index (χ4v) is 1.79. The van der Waals surface area contributed by atoms with Crippen LogP contribution in [0.5, 0.6) is 0 Å². The Labute approximate surface area is 89.6 Å². The van der Waals surface area contributed by atoms with E-state index in [0.29, 0.717) is 13.0 Å². The highest BCUT2D eigenvalue weighted by atomic mass is 35.5.